The second-order valence-corrected chi connectivity index (χ2v) is 8.21. The zero-order valence-electron chi connectivity index (χ0n) is 17.8. The normalized spacial score (nSPS) is 11.3. The number of hydrogen-bond donors (Lipinski definition) is 1. The molecule has 0 bridgehead atoms. The van der Waals surface area contributed by atoms with E-state index in [0.717, 1.165) is 6.54 Å². The Hall–Kier alpha value is -0.0400. The fraction of sp³-hybridized carbons (Fsp3) is 1.00. The highest BCUT2D eigenvalue weighted by atomic mass is 14.5. The van der Waals surface area contributed by atoms with Gasteiger partial charge in [-0.05, 0) is 13.0 Å². The molecule has 2 N–H and O–H groups in total. The molecule has 0 saturated carbocycles. The average molecular weight is 354 g/mol. The van der Waals surface area contributed by atoms with Gasteiger partial charge >= 0.3 is 0 Å². The molecule has 1 heteroatoms. The van der Waals surface area contributed by atoms with Gasteiger partial charge in [0.15, 0.2) is 0 Å². The molecule has 0 heterocycles. The molecule has 1 nitrogen and oxygen atoms in total. The molecule has 0 unspecified atom stereocenters. The Labute approximate surface area is 160 Å². The second-order valence-electron chi connectivity index (χ2n) is 8.21. The minimum absolute atomic E-state index is 0.874. The Balaban J connectivity index is 2.94. The van der Waals surface area contributed by atoms with E-state index < -0.39 is 0 Å². The summed E-state index contributed by atoms with van der Waals surface area (Å²) in [4.78, 5) is 0. The molecule has 0 atom stereocenters. The van der Waals surface area contributed by atoms with E-state index >= 15 is 0 Å². The van der Waals surface area contributed by atoms with Crippen LogP contribution in [0.15, 0.2) is 0 Å². The van der Waals surface area contributed by atoms with Crippen molar-refractivity contribution in [2.75, 3.05) is 6.54 Å². The molecule has 0 aliphatic rings. The summed E-state index contributed by atoms with van der Waals surface area (Å²) < 4.78 is 0. The summed E-state index contributed by atoms with van der Waals surface area (Å²) in [5, 5.41) is 0. The molecule has 0 rings (SSSR count). The quantitative estimate of drug-likeness (QED) is 0.194. The van der Waals surface area contributed by atoms with Gasteiger partial charge in [0.05, 0.1) is 0 Å². The minimum atomic E-state index is 0.874. The molecular formula is C24H51N. The van der Waals surface area contributed by atoms with Crippen molar-refractivity contribution < 1.29 is 0 Å². The summed E-state index contributed by atoms with van der Waals surface area (Å²) in [6.07, 6.45) is 31.8. The van der Waals surface area contributed by atoms with Crippen molar-refractivity contribution in [2.24, 2.45) is 5.73 Å². The predicted octanol–water partition coefficient (Wildman–Crippen LogP) is 8.55. The number of rotatable bonds is 22. The largest absolute Gasteiger partial charge is 0.330 e. The maximum atomic E-state index is 5.51. The first-order valence-electron chi connectivity index (χ1n) is 12.1. The van der Waals surface area contributed by atoms with Crippen LogP contribution < -0.4 is 5.73 Å². The second kappa shape index (κ2) is 24.0. The lowest BCUT2D eigenvalue weighted by atomic mass is 10.0. The van der Waals surface area contributed by atoms with E-state index in [-0.39, 0.29) is 0 Å². The third kappa shape index (κ3) is 24.0. The van der Waals surface area contributed by atoms with Crippen LogP contribution >= 0.6 is 0 Å². The van der Waals surface area contributed by atoms with E-state index in [1.165, 1.54) is 141 Å². The molecule has 0 aromatic heterocycles. The summed E-state index contributed by atoms with van der Waals surface area (Å²) in [6.45, 7) is 3.17. The molecule has 0 spiro atoms. The van der Waals surface area contributed by atoms with Crippen LogP contribution in [0.5, 0.6) is 0 Å². The van der Waals surface area contributed by atoms with Crippen LogP contribution in [0.2, 0.25) is 0 Å². The third-order valence-electron chi connectivity index (χ3n) is 5.56. The van der Waals surface area contributed by atoms with Gasteiger partial charge in [-0.25, -0.2) is 0 Å². The van der Waals surface area contributed by atoms with E-state index in [4.69, 9.17) is 5.73 Å². The first kappa shape index (κ1) is 25.0. The molecule has 0 fully saturated rings. The maximum Gasteiger partial charge on any atom is -0.00773 e. The van der Waals surface area contributed by atoms with Crippen molar-refractivity contribution in [3.05, 3.63) is 0 Å². The van der Waals surface area contributed by atoms with E-state index in [0.29, 0.717) is 0 Å². The molecule has 0 amide bonds. The summed E-state index contributed by atoms with van der Waals surface area (Å²) in [5.74, 6) is 0. The SMILES string of the molecule is CCCCCCCCCCCCCCCCCCCCCCCCN. The molecule has 0 aromatic rings. The predicted molar refractivity (Wildman–Crippen MR) is 116 cm³/mol. The monoisotopic (exact) mass is 353 g/mol. The van der Waals surface area contributed by atoms with E-state index in [2.05, 4.69) is 6.92 Å². The Kier molecular flexibility index (Phi) is 23.9. The summed E-state index contributed by atoms with van der Waals surface area (Å²) in [6, 6.07) is 0. The Morgan fingerprint density at radius 2 is 0.520 bits per heavy atom. The molecule has 0 aliphatic carbocycles. The van der Waals surface area contributed by atoms with Crippen LogP contribution in [0.25, 0.3) is 0 Å². The van der Waals surface area contributed by atoms with Crippen molar-refractivity contribution in [1.29, 1.82) is 0 Å². The number of hydrogen-bond acceptors (Lipinski definition) is 1. The lowest BCUT2D eigenvalue weighted by Gasteiger charge is -2.04. The van der Waals surface area contributed by atoms with Crippen LogP contribution in [0.1, 0.15) is 148 Å². The summed E-state index contributed by atoms with van der Waals surface area (Å²) >= 11 is 0. The van der Waals surface area contributed by atoms with E-state index in [1.54, 1.807) is 0 Å². The first-order valence-corrected chi connectivity index (χ1v) is 12.1. The number of unbranched alkanes of at least 4 members (excludes halogenated alkanes) is 21. The van der Waals surface area contributed by atoms with Gasteiger partial charge in [-0.15, -0.1) is 0 Å². The topological polar surface area (TPSA) is 26.0 Å². The van der Waals surface area contributed by atoms with Gasteiger partial charge in [0.2, 0.25) is 0 Å². The first-order chi connectivity index (χ1) is 12.4. The van der Waals surface area contributed by atoms with Gasteiger partial charge in [-0.2, -0.15) is 0 Å². The summed E-state index contributed by atoms with van der Waals surface area (Å²) in [5.41, 5.74) is 5.51. The van der Waals surface area contributed by atoms with Gasteiger partial charge in [-0.1, -0.05) is 142 Å². The highest BCUT2D eigenvalue weighted by molar-refractivity contribution is 4.51. The van der Waals surface area contributed by atoms with Crippen molar-refractivity contribution in [3.8, 4) is 0 Å². The van der Waals surface area contributed by atoms with Gasteiger partial charge in [0.1, 0.15) is 0 Å². The highest BCUT2D eigenvalue weighted by Gasteiger charge is 1.95. The van der Waals surface area contributed by atoms with Crippen molar-refractivity contribution >= 4 is 0 Å². The Bertz CT molecular complexity index is 192. The van der Waals surface area contributed by atoms with Crippen molar-refractivity contribution in [2.45, 2.75) is 148 Å². The minimum Gasteiger partial charge on any atom is -0.330 e. The lowest BCUT2D eigenvalue weighted by molar-refractivity contribution is 0.519. The van der Waals surface area contributed by atoms with Crippen LogP contribution in [0.3, 0.4) is 0 Å². The fourth-order valence-electron chi connectivity index (χ4n) is 3.75. The maximum absolute atomic E-state index is 5.51. The highest BCUT2D eigenvalue weighted by Crippen LogP contribution is 2.15. The fourth-order valence-corrected chi connectivity index (χ4v) is 3.75. The Morgan fingerprint density at radius 1 is 0.320 bits per heavy atom. The van der Waals surface area contributed by atoms with Crippen molar-refractivity contribution in [1.82, 2.24) is 0 Å². The van der Waals surface area contributed by atoms with Crippen molar-refractivity contribution in [3.63, 3.8) is 0 Å². The Morgan fingerprint density at radius 3 is 0.720 bits per heavy atom. The van der Waals surface area contributed by atoms with Crippen LogP contribution in [0.4, 0.5) is 0 Å². The molecule has 0 saturated heterocycles. The van der Waals surface area contributed by atoms with Gasteiger partial charge in [-0.3, -0.25) is 0 Å². The third-order valence-corrected chi connectivity index (χ3v) is 5.56. The lowest BCUT2D eigenvalue weighted by Crippen LogP contribution is -1.97. The molecule has 0 radical (unpaired) electrons. The molecule has 0 aliphatic heterocycles. The zero-order chi connectivity index (χ0) is 18.3. The van der Waals surface area contributed by atoms with Gasteiger partial charge in [0, 0.05) is 0 Å². The zero-order valence-corrected chi connectivity index (χ0v) is 17.8. The van der Waals surface area contributed by atoms with Gasteiger partial charge < -0.3 is 5.73 Å². The van der Waals surface area contributed by atoms with Crippen LogP contribution in [-0.4, -0.2) is 6.54 Å². The molecule has 152 valence electrons. The average Bonchev–Trinajstić information content (AvgIpc) is 2.63. The van der Waals surface area contributed by atoms with E-state index in [9.17, 15) is 0 Å². The van der Waals surface area contributed by atoms with Crippen LogP contribution in [0, 0.1) is 0 Å². The molecular weight excluding hydrogens is 302 g/mol. The number of nitrogens with two attached hydrogens (primary N) is 1. The van der Waals surface area contributed by atoms with E-state index in [1.807, 2.05) is 0 Å². The smallest absolute Gasteiger partial charge is 0.00773 e. The van der Waals surface area contributed by atoms with Crippen LogP contribution in [-0.2, 0) is 0 Å². The molecule has 25 heavy (non-hydrogen) atoms. The van der Waals surface area contributed by atoms with Gasteiger partial charge in [0.25, 0.3) is 0 Å². The standard InChI is InChI=1S/C24H51N/c1-2-3-4-5-6-7-8-9-10-11-12-13-14-15-16-17-18-19-20-21-22-23-24-25/h2-25H2,1H3. The summed E-state index contributed by atoms with van der Waals surface area (Å²) in [7, 11) is 0. The molecule has 0 aromatic carbocycles.